The van der Waals surface area contributed by atoms with Crippen molar-refractivity contribution in [1.82, 2.24) is 0 Å². The van der Waals surface area contributed by atoms with Gasteiger partial charge in [0.05, 0.1) is 12.5 Å². The molecule has 16 heavy (non-hydrogen) atoms. The van der Waals surface area contributed by atoms with Gasteiger partial charge in [-0.25, -0.2) is 0 Å². The lowest BCUT2D eigenvalue weighted by Gasteiger charge is -2.00. The molecule has 0 saturated heterocycles. The van der Waals surface area contributed by atoms with Gasteiger partial charge in [0.15, 0.2) is 0 Å². The lowest BCUT2D eigenvalue weighted by Crippen LogP contribution is -2.13. The van der Waals surface area contributed by atoms with Crippen LogP contribution in [0, 0.1) is 11.8 Å². The van der Waals surface area contributed by atoms with E-state index in [1.165, 1.54) is 6.42 Å². The Kier molecular flexibility index (Phi) is 5.53. The van der Waals surface area contributed by atoms with Gasteiger partial charge in [-0.3, -0.25) is 4.79 Å². The highest BCUT2D eigenvalue weighted by molar-refractivity contribution is 5.77. The van der Waals surface area contributed by atoms with Crippen LogP contribution in [0.1, 0.15) is 39.5 Å². The van der Waals surface area contributed by atoms with Gasteiger partial charge < -0.3 is 10.5 Å². The SMILES string of the molecule is C/C=C\CCCCC1C(N)C1C(=O)OCC. The number of rotatable bonds is 7. The molecule has 3 nitrogen and oxygen atoms in total. The van der Waals surface area contributed by atoms with Crippen molar-refractivity contribution in [2.24, 2.45) is 17.6 Å². The minimum absolute atomic E-state index is 0.0262. The number of carbonyl (C=O) groups excluding carboxylic acids is 1. The lowest BCUT2D eigenvalue weighted by molar-refractivity contribution is -0.145. The van der Waals surface area contributed by atoms with Crippen LogP contribution in [0.25, 0.3) is 0 Å². The Morgan fingerprint density at radius 3 is 2.81 bits per heavy atom. The molecule has 0 amide bonds. The number of allylic oxidation sites excluding steroid dienone is 2. The van der Waals surface area contributed by atoms with E-state index in [4.69, 9.17) is 10.5 Å². The third kappa shape index (κ3) is 3.63. The summed E-state index contributed by atoms with van der Waals surface area (Å²) >= 11 is 0. The summed E-state index contributed by atoms with van der Waals surface area (Å²) in [6, 6.07) is 0.0424. The maximum Gasteiger partial charge on any atom is 0.310 e. The summed E-state index contributed by atoms with van der Waals surface area (Å²) in [7, 11) is 0. The first-order valence-corrected chi connectivity index (χ1v) is 6.25. The van der Waals surface area contributed by atoms with E-state index in [0.29, 0.717) is 12.5 Å². The Bertz CT molecular complexity index is 250. The van der Waals surface area contributed by atoms with Crippen molar-refractivity contribution >= 4 is 5.97 Å². The molecule has 0 aromatic carbocycles. The van der Waals surface area contributed by atoms with E-state index < -0.39 is 0 Å². The van der Waals surface area contributed by atoms with E-state index in [1.807, 2.05) is 13.8 Å². The van der Waals surface area contributed by atoms with Crippen LogP contribution in [0.3, 0.4) is 0 Å². The molecule has 1 saturated carbocycles. The van der Waals surface area contributed by atoms with E-state index in [2.05, 4.69) is 12.2 Å². The second-order valence-corrected chi connectivity index (χ2v) is 4.37. The second-order valence-electron chi connectivity index (χ2n) is 4.37. The highest BCUT2D eigenvalue weighted by atomic mass is 16.5. The molecule has 1 fully saturated rings. The van der Waals surface area contributed by atoms with Gasteiger partial charge in [-0.2, -0.15) is 0 Å². The minimum Gasteiger partial charge on any atom is -0.466 e. The molecular formula is C13H23NO2. The van der Waals surface area contributed by atoms with Gasteiger partial charge in [-0.1, -0.05) is 18.6 Å². The van der Waals surface area contributed by atoms with Gasteiger partial charge in [0.1, 0.15) is 0 Å². The summed E-state index contributed by atoms with van der Waals surface area (Å²) in [4.78, 5) is 11.4. The fraction of sp³-hybridized carbons (Fsp3) is 0.769. The smallest absolute Gasteiger partial charge is 0.310 e. The van der Waals surface area contributed by atoms with Crippen LogP contribution in [-0.2, 0) is 9.53 Å². The molecule has 3 heteroatoms. The van der Waals surface area contributed by atoms with E-state index in [-0.39, 0.29) is 17.9 Å². The number of nitrogens with two attached hydrogens (primary N) is 1. The van der Waals surface area contributed by atoms with E-state index in [9.17, 15) is 4.79 Å². The van der Waals surface area contributed by atoms with Crippen LogP contribution >= 0.6 is 0 Å². The zero-order chi connectivity index (χ0) is 12.0. The van der Waals surface area contributed by atoms with Crippen molar-refractivity contribution in [3.63, 3.8) is 0 Å². The van der Waals surface area contributed by atoms with Crippen molar-refractivity contribution in [1.29, 1.82) is 0 Å². The standard InChI is InChI=1S/C13H23NO2/c1-3-5-6-7-8-9-10-11(12(10)14)13(15)16-4-2/h3,5,10-12H,4,6-9,14H2,1-2H3/b5-3-. The van der Waals surface area contributed by atoms with E-state index >= 15 is 0 Å². The van der Waals surface area contributed by atoms with Crippen LogP contribution in [0.15, 0.2) is 12.2 Å². The first kappa shape index (κ1) is 13.2. The molecule has 3 atom stereocenters. The van der Waals surface area contributed by atoms with Crippen molar-refractivity contribution in [3.8, 4) is 0 Å². The Morgan fingerprint density at radius 1 is 1.44 bits per heavy atom. The lowest BCUT2D eigenvalue weighted by atomic mass is 10.1. The van der Waals surface area contributed by atoms with Gasteiger partial charge in [0, 0.05) is 6.04 Å². The summed E-state index contributed by atoms with van der Waals surface area (Å²) in [6.07, 6.45) is 8.77. The molecule has 1 rings (SSSR count). The number of carbonyl (C=O) groups is 1. The van der Waals surface area contributed by atoms with Crippen LogP contribution < -0.4 is 5.73 Å². The topological polar surface area (TPSA) is 52.3 Å². The Labute approximate surface area is 98.0 Å². The molecule has 0 bridgehead atoms. The first-order valence-electron chi connectivity index (χ1n) is 6.25. The predicted molar refractivity (Wildman–Crippen MR) is 64.9 cm³/mol. The highest BCUT2D eigenvalue weighted by Gasteiger charge is 2.52. The summed E-state index contributed by atoms with van der Waals surface area (Å²) in [5.41, 5.74) is 5.87. The third-order valence-electron chi connectivity index (χ3n) is 3.18. The van der Waals surface area contributed by atoms with E-state index in [1.54, 1.807) is 0 Å². The van der Waals surface area contributed by atoms with Crippen molar-refractivity contribution in [2.45, 2.75) is 45.6 Å². The van der Waals surface area contributed by atoms with Crippen LogP contribution in [-0.4, -0.2) is 18.6 Å². The number of esters is 1. The Hall–Kier alpha value is -0.830. The van der Waals surface area contributed by atoms with Gasteiger partial charge in [0.2, 0.25) is 0 Å². The van der Waals surface area contributed by atoms with Crippen molar-refractivity contribution in [3.05, 3.63) is 12.2 Å². The molecular weight excluding hydrogens is 202 g/mol. The monoisotopic (exact) mass is 225 g/mol. The fourth-order valence-electron chi connectivity index (χ4n) is 2.15. The number of unbranched alkanes of at least 4 members (excludes halogenated alkanes) is 2. The quantitative estimate of drug-likeness (QED) is 0.411. The molecule has 2 N–H and O–H groups in total. The first-order chi connectivity index (χ1) is 7.72. The zero-order valence-corrected chi connectivity index (χ0v) is 10.3. The van der Waals surface area contributed by atoms with Crippen molar-refractivity contribution < 1.29 is 9.53 Å². The van der Waals surface area contributed by atoms with Crippen LogP contribution in [0.2, 0.25) is 0 Å². The molecule has 1 aliphatic carbocycles. The third-order valence-corrected chi connectivity index (χ3v) is 3.18. The van der Waals surface area contributed by atoms with Gasteiger partial charge >= 0.3 is 5.97 Å². The van der Waals surface area contributed by atoms with Gasteiger partial charge in [-0.15, -0.1) is 0 Å². The average molecular weight is 225 g/mol. The summed E-state index contributed by atoms with van der Waals surface area (Å²) in [6.45, 7) is 4.32. The van der Waals surface area contributed by atoms with Gasteiger partial charge in [0.25, 0.3) is 0 Å². The summed E-state index contributed by atoms with van der Waals surface area (Å²) in [5, 5.41) is 0. The molecule has 0 aromatic heterocycles. The largest absolute Gasteiger partial charge is 0.466 e. The maximum absolute atomic E-state index is 11.4. The summed E-state index contributed by atoms with van der Waals surface area (Å²) < 4.78 is 4.98. The summed E-state index contributed by atoms with van der Waals surface area (Å²) in [5.74, 6) is 0.236. The zero-order valence-electron chi connectivity index (χ0n) is 10.3. The Balaban J connectivity index is 2.13. The molecule has 92 valence electrons. The van der Waals surface area contributed by atoms with Gasteiger partial charge in [-0.05, 0) is 39.0 Å². The van der Waals surface area contributed by atoms with Crippen LogP contribution in [0.4, 0.5) is 0 Å². The fourth-order valence-corrected chi connectivity index (χ4v) is 2.15. The van der Waals surface area contributed by atoms with E-state index in [0.717, 1.165) is 19.3 Å². The average Bonchev–Trinajstić information content (AvgIpc) is 2.89. The molecule has 3 unspecified atom stereocenters. The number of hydrogen-bond donors (Lipinski definition) is 1. The predicted octanol–water partition coefficient (Wildman–Crippen LogP) is 2.26. The van der Waals surface area contributed by atoms with Crippen LogP contribution in [0.5, 0.6) is 0 Å². The molecule has 0 aromatic rings. The number of hydrogen-bond acceptors (Lipinski definition) is 3. The molecule has 0 spiro atoms. The molecule has 1 aliphatic rings. The molecule has 0 heterocycles. The minimum atomic E-state index is -0.103. The second kappa shape index (κ2) is 6.69. The van der Waals surface area contributed by atoms with Crippen molar-refractivity contribution in [2.75, 3.05) is 6.61 Å². The molecule has 0 radical (unpaired) electrons. The molecule has 0 aliphatic heterocycles. The number of ether oxygens (including phenoxy) is 1. The normalized spacial score (nSPS) is 28.3. The Morgan fingerprint density at radius 2 is 2.19 bits per heavy atom. The highest BCUT2D eigenvalue weighted by Crippen LogP contribution is 2.42. The maximum atomic E-state index is 11.4.